The van der Waals surface area contributed by atoms with E-state index in [2.05, 4.69) is 26.2 Å². The van der Waals surface area contributed by atoms with Crippen molar-refractivity contribution in [1.82, 2.24) is 10.3 Å². The van der Waals surface area contributed by atoms with Crippen LogP contribution < -0.4 is 15.0 Å². The number of benzene rings is 1. The van der Waals surface area contributed by atoms with E-state index in [0.717, 1.165) is 21.6 Å². The fourth-order valence-corrected chi connectivity index (χ4v) is 2.61. The van der Waals surface area contributed by atoms with Crippen molar-refractivity contribution in [3.05, 3.63) is 76.3 Å². The summed E-state index contributed by atoms with van der Waals surface area (Å²) in [4.78, 5) is 18.5. The molecule has 27 heavy (non-hydrogen) atoms. The molecule has 0 spiro atoms. The van der Waals surface area contributed by atoms with Gasteiger partial charge in [-0.25, -0.2) is 4.98 Å². The molecular weight excluding hydrogens is 410 g/mol. The Morgan fingerprint density at radius 2 is 1.96 bits per heavy atom. The number of halogens is 1. The lowest BCUT2D eigenvalue weighted by Gasteiger charge is -2.12. The van der Waals surface area contributed by atoms with E-state index in [1.54, 1.807) is 18.3 Å². The topological polar surface area (TPSA) is 67.6 Å². The van der Waals surface area contributed by atoms with Gasteiger partial charge in [0.25, 0.3) is 5.91 Å². The number of carbonyl (C=O) groups excluding carboxylic acids is 1. The number of rotatable bonds is 7. The summed E-state index contributed by atoms with van der Waals surface area (Å²) in [5.41, 5.74) is 0.965. The molecule has 2 aromatic heterocycles. The summed E-state index contributed by atoms with van der Waals surface area (Å²) >= 11 is 3.38. The van der Waals surface area contributed by atoms with Crippen LogP contribution in [0.3, 0.4) is 0 Å². The maximum atomic E-state index is 12.3. The van der Waals surface area contributed by atoms with Gasteiger partial charge in [0.2, 0.25) is 0 Å². The zero-order chi connectivity index (χ0) is 19.2. The highest BCUT2D eigenvalue weighted by molar-refractivity contribution is 9.10. The van der Waals surface area contributed by atoms with E-state index in [-0.39, 0.29) is 18.3 Å². The van der Waals surface area contributed by atoms with Crippen molar-refractivity contribution in [2.45, 2.75) is 13.2 Å². The van der Waals surface area contributed by atoms with Gasteiger partial charge in [-0.3, -0.25) is 4.79 Å². The number of hydrogen-bond acceptors (Lipinski definition) is 5. The number of amides is 1. The van der Waals surface area contributed by atoms with Crippen molar-refractivity contribution in [3.63, 3.8) is 0 Å². The molecule has 0 unspecified atom stereocenters. The Morgan fingerprint density at radius 3 is 2.70 bits per heavy atom. The molecule has 0 fully saturated rings. The van der Waals surface area contributed by atoms with Gasteiger partial charge in [-0.15, -0.1) is 0 Å². The van der Waals surface area contributed by atoms with Crippen molar-refractivity contribution in [2.24, 2.45) is 0 Å². The van der Waals surface area contributed by atoms with Gasteiger partial charge in [0.15, 0.2) is 5.76 Å². The number of carbonyl (C=O) groups is 1. The van der Waals surface area contributed by atoms with Crippen LogP contribution in [0.25, 0.3) is 0 Å². The van der Waals surface area contributed by atoms with Crippen LogP contribution in [0.5, 0.6) is 5.75 Å². The second-order valence-corrected chi connectivity index (χ2v) is 7.02. The van der Waals surface area contributed by atoms with Gasteiger partial charge >= 0.3 is 0 Å². The standard InChI is InChI=1S/C20H20BrN3O3/c1-24(2)19-11-14(9-10-22-19)12-23-20(25)18-8-7-17(27-18)13-26-16-5-3-15(21)4-6-16/h3-11H,12-13H2,1-2H3,(H,23,25). The van der Waals surface area contributed by atoms with E-state index in [9.17, 15) is 4.79 Å². The average Bonchev–Trinajstić information content (AvgIpc) is 3.15. The van der Waals surface area contributed by atoms with Crippen LogP contribution in [0, 0.1) is 0 Å². The lowest BCUT2D eigenvalue weighted by atomic mass is 10.2. The lowest BCUT2D eigenvalue weighted by Crippen LogP contribution is -2.22. The summed E-state index contributed by atoms with van der Waals surface area (Å²) in [5, 5.41) is 2.85. The fourth-order valence-electron chi connectivity index (χ4n) is 2.35. The molecule has 6 nitrogen and oxygen atoms in total. The molecule has 0 saturated carbocycles. The Morgan fingerprint density at radius 1 is 1.19 bits per heavy atom. The predicted molar refractivity (Wildman–Crippen MR) is 107 cm³/mol. The number of aromatic nitrogens is 1. The van der Waals surface area contributed by atoms with Gasteiger partial charge in [0.1, 0.15) is 23.9 Å². The largest absolute Gasteiger partial charge is 0.486 e. The second kappa shape index (κ2) is 8.73. The average molecular weight is 430 g/mol. The van der Waals surface area contributed by atoms with Gasteiger partial charge in [0, 0.05) is 31.3 Å². The molecule has 0 aliphatic rings. The van der Waals surface area contributed by atoms with E-state index in [1.807, 2.05) is 55.4 Å². The van der Waals surface area contributed by atoms with Crippen molar-refractivity contribution in [2.75, 3.05) is 19.0 Å². The molecule has 3 aromatic rings. The summed E-state index contributed by atoms with van der Waals surface area (Å²) < 4.78 is 12.2. The van der Waals surface area contributed by atoms with E-state index in [1.165, 1.54) is 0 Å². The minimum absolute atomic E-state index is 0.255. The molecule has 0 aliphatic heterocycles. The van der Waals surface area contributed by atoms with Crippen LogP contribution in [0.15, 0.2) is 63.6 Å². The SMILES string of the molecule is CN(C)c1cc(CNC(=O)c2ccc(COc3ccc(Br)cc3)o2)ccn1. The second-order valence-electron chi connectivity index (χ2n) is 6.11. The van der Waals surface area contributed by atoms with Crippen molar-refractivity contribution >= 4 is 27.7 Å². The number of ether oxygens (including phenoxy) is 1. The Labute approximate surface area is 166 Å². The maximum Gasteiger partial charge on any atom is 0.287 e. The molecule has 7 heteroatoms. The number of nitrogens with one attached hydrogen (secondary N) is 1. The summed E-state index contributed by atoms with van der Waals surface area (Å²) in [6.45, 7) is 0.652. The Balaban J connectivity index is 1.53. The zero-order valence-electron chi connectivity index (χ0n) is 15.1. The number of nitrogens with zero attached hydrogens (tertiary/aromatic N) is 2. The minimum Gasteiger partial charge on any atom is -0.486 e. The van der Waals surface area contributed by atoms with Crippen LogP contribution in [0.4, 0.5) is 5.82 Å². The van der Waals surface area contributed by atoms with Gasteiger partial charge in [-0.1, -0.05) is 15.9 Å². The Hall–Kier alpha value is -2.80. The zero-order valence-corrected chi connectivity index (χ0v) is 16.7. The smallest absolute Gasteiger partial charge is 0.287 e. The van der Waals surface area contributed by atoms with E-state index in [4.69, 9.17) is 9.15 Å². The van der Waals surface area contributed by atoms with Gasteiger partial charge in [-0.2, -0.15) is 0 Å². The molecule has 2 heterocycles. The van der Waals surface area contributed by atoms with E-state index >= 15 is 0 Å². The van der Waals surface area contributed by atoms with Gasteiger partial charge in [-0.05, 0) is 54.1 Å². The fraction of sp³-hybridized carbons (Fsp3) is 0.200. The Bertz CT molecular complexity index is 907. The van der Waals surface area contributed by atoms with E-state index in [0.29, 0.717) is 12.3 Å². The molecule has 0 aliphatic carbocycles. The molecule has 0 atom stereocenters. The monoisotopic (exact) mass is 429 g/mol. The number of furan rings is 1. The molecule has 1 amide bonds. The molecule has 0 saturated heterocycles. The quantitative estimate of drug-likeness (QED) is 0.614. The molecule has 0 radical (unpaired) electrons. The predicted octanol–water partition coefficient (Wildman–Crippen LogP) is 4.01. The molecule has 0 bridgehead atoms. The third-order valence-electron chi connectivity index (χ3n) is 3.80. The molecular formula is C20H20BrN3O3. The van der Waals surface area contributed by atoms with Crippen LogP contribution in [-0.4, -0.2) is 25.0 Å². The minimum atomic E-state index is -0.270. The van der Waals surface area contributed by atoms with Crippen molar-refractivity contribution < 1.29 is 13.9 Å². The first-order chi connectivity index (χ1) is 13.0. The number of anilines is 1. The third-order valence-corrected chi connectivity index (χ3v) is 4.33. The van der Waals surface area contributed by atoms with Gasteiger partial charge in [0.05, 0.1) is 0 Å². The van der Waals surface area contributed by atoms with Crippen LogP contribution in [-0.2, 0) is 13.2 Å². The van der Waals surface area contributed by atoms with Crippen LogP contribution in [0.1, 0.15) is 21.9 Å². The summed E-state index contributed by atoms with van der Waals surface area (Å²) in [7, 11) is 3.84. The first-order valence-corrected chi connectivity index (χ1v) is 9.18. The van der Waals surface area contributed by atoms with Gasteiger partial charge < -0.3 is 19.4 Å². The molecule has 140 valence electrons. The first-order valence-electron chi connectivity index (χ1n) is 8.39. The highest BCUT2D eigenvalue weighted by Crippen LogP contribution is 2.18. The maximum absolute atomic E-state index is 12.3. The molecule has 1 N–H and O–H groups in total. The van der Waals surface area contributed by atoms with Crippen LogP contribution >= 0.6 is 15.9 Å². The third kappa shape index (κ3) is 5.34. The summed E-state index contributed by atoms with van der Waals surface area (Å²) in [6, 6.07) is 14.7. The number of hydrogen-bond donors (Lipinski definition) is 1. The van der Waals surface area contributed by atoms with Crippen molar-refractivity contribution in [3.8, 4) is 5.75 Å². The molecule has 3 rings (SSSR count). The Kier molecular flexibility index (Phi) is 6.13. The highest BCUT2D eigenvalue weighted by atomic mass is 79.9. The highest BCUT2D eigenvalue weighted by Gasteiger charge is 2.12. The normalized spacial score (nSPS) is 10.5. The summed E-state index contributed by atoms with van der Waals surface area (Å²) in [5.74, 6) is 2.14. The van der Waals surface area contributed by atoms with E-state index < -0.39 is 0 Å². The number of pyridine rings is 1. The van der Waals surface area contributed by atoms with Crippen molar-refractivity contribution in [1.29, 1.82) is 0 Å². The summed E-state index contributed by atoms with van der Waals surface area (Å²) in [6.07, 6.45) is 1.72. The molecule has 1 aromatic carbocycles. The first kappa shape index (κ1) is 19.0. The lowest BCUT2D eigenvalue weighted by molar-refractivity contribution is 0.0919. The van der Waals surface area contributed by atoms with Crippen LogP contribution in [0.2, 0.25) is 0 Å².